The van der Waals surface area contributed by atoms with E-state index in [0.29, 0.717) is 19.7 Å². The number of ether oxygens (including phenoxy) is 2. The number of rotatable bonds is 9. The summed E-state index contributed by atoms with van der Waals surface area (Å²) in [5, 5.41) is 9.04. The average Bonchev–Trinajstić information content (AvgIpc) is 3.28. The molecule has 2 aromatic rings. The lowest BCUT2D eigenvalue weighted by Gasteiger charge is -2.40. The van der Waals surface area contributed by atoms with Crippen molar-refractivity contribution >= 4 is 23.6 Å². The minimum Gasteiger partial charge on any atom is -0.444 e. The molecule has 1 spiro atoms. The Morgan fingerprint density at radius 1 is 1.02 bits per heavy atom. The molecule has 0 radical (unpaired) electrons. The number of anilines is 1. The molecule has 1 fully saturated rings. The first-order valence-corrected chi connectivity index (χ1v) is 14.1. The Hall–Kier alpha value is -3.59. The van der Waals surface area contributed by atoms with Crippen molar-refractivity contribution in [3.63, 3.8) is 0 Å². The summed E-state index contributed by atoms with van der Waals surface area (Å²) in [7, 11) is 0. The van der Waals surface area contributed by atoms with E-state index in [1.54, 1.807) is 27.7 Å². The van der Waals surface area contributed by atoms with Gasteiger partial charge in [0.2, 0.25) is 11.8 Å². The summed E-state index contributed by atoms with van der Waals surface area (Å²) >= 11 is 0. The summed E-state index contributed by atoms with van der Waals surface area (Å²) < 4.78 is 11.2. The van der Waals surface area contributed by atoms with Gasteiger partial charge in [0.15, 0.2) is 0 Å². The lowest BCUT2D eigenvalue weighted by Crippen LogP contribution is -2.55. The van der Waals surface area contributed by atoms with E-state index >= 15 is 0 Å². The van der Waals surface area contributed by atoms with Crippen molar-refractivity contribution in [3.05, 3.63) is 65.7 Å². The van der Waals surface area contributed by atoms with Crippen molar-refractivity contribution in [3.8, 4) is 0 Å². The van der Waals surface area contributed by atoms with Gasteiger partial charge < -0.3 is 30.3 Å². The molecule has 1 saturated heterocycles. The van der Waals surface area contributed by atoms with Crippen LogP contribution < -0.4 is 16.0 Å². The van der Waals surface area contributed by atoms with E-state index < -0.39 is 23.7 Å². The number of piperidine rings is 1. The summed E-state index contributed by atoms with van der Waals surface area (Å²) in [6.07, 6.45) is 1.12. The summed E-state index contributed by atoms with van der Waals surface area (Å²) in [5.41, 5.74) is 2.88. The molecule has 0 aliphatic carbocycles. The normalized spacial score (nSPS) is 17.4. The van der Waals surface area contributed by atoms with E-state index in [4.69, 9.17) is 9.47 Å². The number of nitrogens with zero attached hydrogens (tertiary/aromatic N) is 1. The third kappa shape index (κ3) is 7.53. The van der Waals surface area contributed by atoms with Gasteiger partial charge in [0.25, 0.3) is 0 Å². The number of carbonyl (C=O) groups excluding carboxylic acids is 3. The molecule has 0 bridgehead atoms. The van der Waals surface area contributed by atoms with Crippen LogP contribution in [0.2, 0.25) is 0 Å². The smallest absolute Gasteiger partial charge is 0.407 e. The van der Waals surface area contributed by atoms with Crippen LogP contribution in [0.15, 0.2) is 54.6 Å². The molecule has 2 aliphatic rings. The van der Waals surface area contributed by atoms with Gasteiger partial charge >= 0.3 is 6.09 Å². The Kier molecular flexibility index (Phi) is 9.35. The first kappa shape index (κ1) is 29.4. The monoisotopic (exact) mass is 550 g/mol. The maximum absolute atomic E-state index is 13.7. The first-order chi connectivity index (χ1) is 19.1. The van der Waals surface area contributed by atoms with Gasteiger partial charge in [0.1, 0.15) is 11.6 Å². The second-order valence-electron chi connectivity index (χ2n) is 11.9. The fourth-order valence-electron chi connectivity index (χ4n) is 5.28. The first-order valence-electron chi connectivity index (χ1n) is 14.1. The zero-order chi connectivity index (χ0) is 28.8. The highest BCUT2D eigenvalue weighted by Gasteiger charge is 2.43. The van der Waals surface area contributed by atoms with Crippen molar-refractivity contribution in [1.82, 2.24) is 15.5 Å². The molecular weight excluding hydrogens is 508 g/mol. The molecule has 4 rings (SSSR count). The largest absolute Gasteiger partial charge is 0.444 e. The summed E-state index contributed by atoms with van der Waals surface area (Å²) in [6.45, 7) is 9.59. The standard InChI is InChI=1S/C31H42N4O5/c1-22(18-32-29(38)40-30(2,3)4)27(36)34-26(20-39-19-23-10-6-5-7-11-23)28(37)35-16-14-31(15-17-35)21-33-25-13-9-8-12-24(25)31/h5-13,22,26,33H,14-21H2,1-4H3,(H,32,38)(H,34,36)/t22?,26-/m1/s1. The van der Waals surface area contributed by atoms with Gasteiger partial charge in [0, 0.05) is 37.3 Å². The lowest BCUT2D eigenvalue weighted by atomic mass is 9.74. The molecule has 2 aromatic carbocycles. The molecule has 3 N–H and O–H groups in total. The minimum absolute atomic E-state index is 0.0256. The number of likely N-dealkylation sites (tertiary alicyclic amines) is 1. The molecule has 3 amide bonds. The predicted octanol–water partition coefficient (Wildman–Crippen LogP) is 3.83. The fourth-order valence-corrected chi connectivity index (χ4v) is 5.28. The second kappa shape index (κ2) is 12.7. The van der Waals surface area contributed by atoms with E-state index in [1.165, 1.54) is 11.3 Å². The highest BCUT2D eigenvalue weighted by molar-refractivity contribution is 5.89. The number of para-hydroxylation sites is 1. The number of carbonyl (C=O) groups is 3. The third-order valence-corrected chi connectivity index (χ3v) is 7.56. The van der Waals surface area contributed by atoms with Crippen LogP contribution in [0.4, 0.5) is 10.5 Å². The van der Waals surface area contributed by atoms with Crippen LogP contribution in [0.3, 0.4) is 0 Å². The molecule has 0 aromatic heterocycles. The SMILES string of the molecule is CC(CNC(=O)OC(C)(C)C)C(=O)N[C@H](COCc1ccccc1)C(=O)N1CCC2(CC1)CNc1ccccc12. The van der Waals surface area contributed by atoms with Crippen molar-refractivity contribution in [2.45, 2.75) is 64.2 Å². The van der Waals surface area contributed by atoms with Gasteiger partial charge in [-0.15, -0.1) is 0 Å². The number of fused-ring (bicyclic) bond motifs is 2. The van der Waals surface area contributed by atoms with E-state index in [1.807, 2.05) is 41.3 Å². The van der Waals surface area contributed by atoms with E-state index in [-0.39, 0.29) is 30.4 Å². The van der Waals surface area contributed by atoms with E-state index in [0.717, 1.165) is 24.9 Å². The third-order valence-electron chi connectivity index (χ3n) is 7.56. The maximum Gasteiger partial charge on any atom is 0.407 e. The number of benzene rings is 2. The number of hydrogen-bond donors (Lipinski definition) is 3. The van der Waals surface area contributed by atoms with Gasteiger partial charge in [0.05, 0.1) is 19.1 Å². The van der Waals surface area contributed by atoms with Crippen molar-refractivity contribution < 1.29 is 23.9 Å². The lowest BCUT2D eigenvalue weighted by molar-refractivity contribution is -0.140. The fraction of sp³-hybridized carbons (Fsp3) is 0.516. The van der Waals surface area contributed by atoms with E-state index in [9.17, 15) is 14.4 Å². The summed E-state index contributed by atoms with van der Waals surface area (Å²) in [5.74, 6) is -1.05. The summed E-state index contributed by atoms with van der Waals surface area (Å²) in [4.78, 5) is 40.6. The van der Waals surface area contributed by atoms with Crippen LogP contribution in [-0.4, -0.2) is 67.2 Å². The quantitative estimate of drug-likeness (QED) is 0.438. The second-order valence-corrected chi connectivity index (χ2v) is 11.9. The number of alkyl carbamates (subject to hydrolysis) is 1. The number of nitrogens with one attached hydrogen (secondary N) is 3. The van der Waals surface area contributed by atoms with Crippen LogP contribution in [0, 0.1) is 5.92 Å². The topological polar surface area (TPSA) is 109 Å². The van der Waals surface area contributed by atoms with E-state index in [2.05, 4.69) is 34.1 Å². The predicted molar refractivity (Wildman–Crippen MR) is 154 cm³/mol. The van der Waals surface area contributed by atoms with Crippen molar-refractivity contribution in [2.24, 2.45) is 5.92 Å². The summed E-state index contributed by atoms with van der Waals surface area (Å²) in [6, 6.07) is 17.3. The molecule has 9 nitrogen and oxygen atoms in total. The Labute approximate surface area is 237 Å². The Morgan fingerprint density at radius 2 is 1.70 bits per heavy atom. The van der Waals surface area contributed by atoms with Crippen LogP contribution >= 0.6 is 0 Å². The van der Waals surface area contributed by atoms with Gasteiger partial charge in [-0.3, -0.25) is 9.59 Å². The van der Waals surface area contributed by atoms with Crippen molar-refractivity contribution in [1.29, 1.82) is 0 Å². The molecule has 216 valence electrons. The Bertz CT molecular complexity index is 1170. The molecule has 1 unspecified atom stereocenters. The highest BCUT2D eigenvalue weighted by atomic mass is 16.6. The number of amides is 3. The van der Waals surface area contributed by atoms with Gasteiger partial charge in [-0.05, 0) is 50.8 Å². The molecule has 9 heteroatoms. The van der Waals surface area contributed by atoms with Gasteiger partial charge in [-0.2, -0.15) is 0 Å². The van der Waals surface area contributed by atoms with Crippen LogP contribution in [-0.2, 0) is 31.1 Å². The van der Waals surface area contributed by atoms with Gasteiger partial charge in [-0.25, -0.2) is 4.79 Å². The zero-order valence-corrected chi connectivity index (χ0v) is 24.0. The maximum atomic E-state index is 13.7. The highest BCUT2D eigenvalue weighted by Crippen LogP contribution is 2.43. The van der Waals surface area contributed by atoms with Crippen LogP contribution in [0.25, 0.3) is 0 Å². The van der Waals surface area contributed by atoms with Crippen LogP contribution in [0.5, 0.6) is 0 Å². The molecule has 40 heavy (non-hydrogen) atoms. The molecular formula is C31H42N4O5. The van der Waals surface area contributed by atoms with Gasteiger partial charge in [-0.1, -0.05) is 55.5 Å². The zero-order valence-electron chi connectivity index (χ0n) is 24.0. The molecule has 0 saturated carbocycles. The molecule has 2 aliphatic heterocycles. The Balaban J connectivity index is 1.36. The Morgan fingerprint density at radius 3 is 2.40 bits per heavy atom. The van der Waals surface area contributed by atoms with Crippen molar-refractivity contribution in [2.75, 3.05) is 38.1 Å². The molecule has 2 heterocycles. The molecule has 2 atom stereocenters. The number of hydrogen-bond acceptors (Lipinski definition) is 6. The average molecular weight is 551 g/mol. The minimum atomic E-state index is -0.830. The van der Waals surface area contributed by atoms with Crippen LogP contribution in [0.1, 0.15) is 51.7 Å².